The van der Waals surface area contributed by atoms with Crippen LogP contribution < -0.4 is 5.32 Å². The lowest BCUT2D eigenvalue weighted by molar-refractivity contribution is -0.135. The largest absolute Gasteiger partial charge is 0.339 e. The molecule has 1 fully saturated rings. The van der Waals surface area contributed by atoms with Crippen LogP contribution in [0.2, 0.25) is 0 Å². The number of sulfonamides is 1. The summed E-state index contributed by atoms with van der Waals surface area (Å²) in [4.78, 5) is 26.6. The Morgan fingerprint density at radius 2 is 1.77 bits per heavy atom. The lowest BCUT2D eigenvalue weighted by Gasteiger charge is -2.36. The van der Waals surface area contributed by atoms with E-state index >= 15 is 0 Å². The van der Waals surface area contributed by atoms with E-state index in [1.807, 2.05) is 13.8 Å². The molecule has 168 valence electrons. The Bertz CT molecular complexity index is 1050. The topological polar surface area (TPSA) is 86.8 Å². The fourth-order valence-electron chi connectivity index (χ4n) is 3.29. The van der Waals surface area contributed by atoms with Gasteiger partial charge in [-0.1, -0.05) is 19.9 Å². The third-order valence-electron chi connectivity index (χ3n) is 5.03. The minimum Gasteiger partial charge on any atom is -0.339 e. The average molecular weight is 472 g/mol. The van der Waals surface area contributed by atoms with Crippen LogP contribution in [0.3, 0.4) is 0 Å². The molecule has 0 bridgehead atoms. The number of piperazine rings is 1. The molecule has 1 atom stereocenters. The van der Waals surface area contributed by atoms with E-state index in [0.29, 0.717) is 10.9 Å². The SMILES string of the molecule is CC(C)C(NC(=O)c1cccs1)C(=O)N1CCN(S(=O)(=O)c2cc(F)ccc2F)CC1. The van der Waals surface area contributed by atoms with E-state index in [9.17, 15) is 26.8 Å². The van der Waals surface area contributed by atoms with E-state index in [2.05, 4.69) is 5.32 Å². The van der Waals surface area contributed by atoms with Gasteiger partial charge in [0.15, 0.2) is 0 Å². The molecule has 0 spiro atoms. The summed E-state index contributed by atoms with van der Waals surface area (Å²) < 4.78 is 53.9. The Labute approximate surface area is 183 Å². The molecule has 31 heavy (non-hydrogen) atoms. The van der Waals surface area contributed by atoms with Crippen molar-refractivity contribution in [1.29, 1.82) is 0 Å². The third kappa shape index (κ3) is 5.10. The number of benzene rings is 1. The number of hydrogen-bond donors (Lipinski definition) is 1. The predicted molar refractivity (Wildman–Crippen MR) is 112 cm³/mol. The van der Waals surface area contributed by atoms with Crippen LogP contribution in [0.25, 0.3) is 0 Å². The molecule has 11 heteroatoms. The molecular formula is C20H23F2N3O4S2. The molecule has 1 N–H and O–H groups in total. The molecule has 1 saturated heterocycles. The number of carbonyl (C=O) groups excluding carboxylic acids is 2. The van der Waals surface area contributed by atoms with E-state index in [1.54, 1.807) is 17.5 Å². The van der Waals surface area contributed by atoms with E-state index < -0.39 is 32.6 Å². The zero-order valence-corrected chi connectivity index (χ0v) is 18.7. The second-order valence-corrected chi connectivity index (χ2v) is 10.3. The van der Waals surface area contributed by atoms with Crippen molar-refractivity contribution in [1.82, 2.24) is 14.5 Å². The number of nitrogens with zero attached hydrogens (tertiary/aromatic N) is 2. The van der Waals surface area contributed by atoms with Gasteiger partial charge >= 0.3 is 0 Å². The molecule has 1 aromatic carbocycles. The van der Waals surface area contributed by atoms with Crippen molar-refractivity contribution in [2.24, 2.45) is 5.92 Å². The highest BCUT2D eigenvalue weighted by atomic mass is 32.2. The number of nitrogens with one attached hydrogen (secondary N) is 1. The predicted octanol–water partition coefficient (Wildman–Crippen LogP) is 2.31. The monoisotopic (exact) mass is 471 g/mol. The Morgan fingerprint density at radius 3 is 2.35 bits per heavy atom. The zero-order valence-electron chi connectivity index (χ0n) is 17.0. The average Bonchev–Trinajstić information content (AvgIpc) is 3.28. The van der Waals surface area contributed by atoms with E-state index in [0.717, 1.165) is 16.4 Å². The van der Waals surface area contributed by atoms with Crippen LogP contribution >= 0.6 is 11.3 Å². The summed E-state index contributed by atoms with van der Waals surface area (Å²) in [5.74, 6) is -2.72. The first-order valence-corrected chi connectivity index (χ1v) is 12.0. The fraction of sp³-hybridized carbons (Fsp3) is 0.400. The summed E-state index contributed by atoms with van der Waals surface area (Å²) in [5, 5.41) is 4.52. The zero-order chi connectivity index (χ0) is 22.8. The molecule has 1 unspecified atom stereocenters. The van der Waals surface area contributed by atoms with Crippen LogP contribution in [-0.2, 0) is 14.8 Å². The first-order valence-electron chi connectivity index (χ1n) is 9.69. The van der Waals surface area contributed by atoms with Crippen molar-refractivity contribution in [3.63, 3.8) is 0 Å². The second kappa shape index (κ2) is 9.41. The summed E-state index contributed by atoms with van der Waals surface area (Å²) in [6.45, 7) is 3.65. The maximum absolute atomic E-state index is 14.0. The summed E-state index contributed by atoms with van der Waals surface area (Å²) >= 11 is 1.27. The summed E-state index contributed by atoms with van der Waals surface area (Å²) in [5.41, 5.74) is 0. The Kier molecular flexibility index (Phi) is 7.07. The van der Waals surface area contributed by atoms with Gasteiger partial charge in [0.2, 0.25) is 15.9 Å². The summed E-state index contributed by atoms with van der Waals surface area (Å²) in [6.07, 6.45) is 0. The molecule has 3 rings (SSSR count). The molecule has 7 nitrogen and oxygen atoms in total. The molecule has 2 amide bonds. The highest BCUT2D eigenvalue weighted by Crippen LogP contribution is 2.22. The minimum atomic E-state index is -4.24. The molecule has 0 aliphatic carbocycles. The number of thiophene rings is 1. The summed E-state index contributed by atoms with van der Waals surface area (Å²) in [7, 11) is -4.24. The van der Waals surface area contributed by atoms with Gasteiger partial charge in [-0.3, -0.25) is 9.59 Å². The quantitative estimate of drug-likeness (QED) is 0.701. The van der Waals surface area contributed by atoms with Crippen molar-refractivity contribution in [3.05, 3.63) is 52.2 Å². The Hall–Kier alpha value is -2.37. The number of halogens is 2. The van der Waals surface area contributed by atoms with Crippen LogP contribution in [0.4, 0.5) is 8.78 Å². The van der Waals surface area contributed by atoms with Crippen molar-refractivity contribution in [3.8, 4) is 0 Å². The van der Waals surface area contributed by atoms with Gasteiger partial charge in [0.1, 0.15) is 22.6 Å². The van der Waals surface area contributed by atoms with Gasteiger partial charge in [0.05, 0.1) is 4.88 Å². The molecule has 1 aromatic heterocycles. The van der Waals surface area contributed by atoms with Gasteiger partial charge in [-0.05, 0) is 35.6 Å². The van der Waals surface area contributed by atoms with Gasteiger partial charge in [-0.25, -0.2) is 17.2 Å². The molecule has 2 aromatic rings. The first-order chi connectivity index (χ1) is 14.6. The van der Waals surface area contributed by atoms with Crippen molar-refractivity contribution in [2.75, 3.05) is 26.2 Å². The number of carbonyl (C=O) groups is 2. The van der Waals surface area contributed by atoms with E-state index in [-0.39, 0.29) is 43.9 Å². The maximum Gasteiger partial charge on any atom is 0.262 e. The molecular weight excluding hydrogens is 448 g/mol. The standard InChI is InChI=1S/C20H23F2N3O4S2/c1-13(2)18(23-19(26)16-4-3-11-30-16)20(27)24-7-9-25(10-8-24)31(28,29)17-12-14(21)5-6-15(17)22/h3-6,11-13,18H,7-10H2,1-2H3,(H,23,26). The molecule has 1 aliphatic heterocycles. The van der Waals surface area contributed by atoms with Crippen molar-refractivity contribution in [2.45, 2.75) is 24.8 Å². The van der Waals surface area contributed by atoms with Gasteiger partial charge in [0, 0.05) is 26.2 Å². The Morgan fingerprint density at radius 1 is 1.10 bits per heavy atom. The molecule has 1 aliphatic rings. The Balaban J connectivity index is 1.68. The molecule has 0 saturated carbocycles. The summed E-state index contributed by atoms with van der Waals surface area (Å²) in [6, 6.07) is 4.91. The minimum absolute atomic E-state index is 0.0618. The lowest BCUT2D eigenvalue weighted by Crippen LogP contribution is -2.57. The van der Waals surface area contributed by atoms with Crippen LogP contribution in [0, 0.1) is 17.6 Å². The normalized spacial score (nSPS) is 16.4. The van der Waals surface area contributed by atoms with Crippen molar-refractivity contribution >= 4 is 33.2 Å². The van der Waals surface area contributed by atoms with Gasteiger partial charge in [-0.15, -0.1) is 11.3 Å². The van der Waals surface area contributed by atoms with E-state index in [4.69, 9.17) is 0 Å². The third-order valence-corrected chi connectivity index (χ3v) is 7.81. The van der Waals surface area contributed by atoms with E-state index in [1.165, 1.54) is 16.2 Å². The molecule has 2 heterocycles. The number of rotatable bonds is 6. The van der Waals surface area contributed by atoms with Crippen LogP contribution in [0.5, 0.6) is 0 Å². The first kappa shape index (κ1) is 23.3. The van der Waals surface area contributed by atoms with Crippen molar-refractivity contribution < 1.29 is 26.8 Å². The number of amides is 2. The lowest BCUT2D eigenvalue weighted by atomic mass is 10.0. The maximum atomic E-state index is 14.0. The van der Waals surface area contributed by atoms with Gasteiger partial charge in [-0.2, -0.15) is 4.31 Å². The molecule has 0 radical (unpaired) electrons. The fourth-order valence-corrected chi connectivity index (χ4v) is 5.42. The highest BCUT2D eigenvalue weighted by Gasteiger charge is 2.35. The number of hydrogen-bond acceptors (Lipinski definition) is 5. The van der Waals surface area contributed by atoms with Crippen LogP contribution in [0.1, 0.15) is 23.5 Å². The van der Waals surface area contributed by atoms with Crippen LogP contribution in [-0.4, -0.2) is 61.7 Å². The van der Waals surface area contributed by atoms with Crippen LogP contribution in [0.15, 0.2) is 40.6 Å². The second-order valence-electron chi connectivity index (χ2n) is 7.48. The van der Waals surface area contributed by atoms with Gasteiger partial charge in [0.25, 0.3) is 5.91 Å². The smallest absolute Gasteiger partial charge is 0.262 e. The highest BCUT2D eigenvalue weighted by molar-refractivity contribution is 7.89. The van der Waals surface area contributed by atoms with Gasteiger partial charge < -0.3 is 10.2 Å².